The molecule has 0 bridgehead atoms. The number of ether oxygens (including phenoxy) is 2. The van der Waals surface area contributed by atoms with E-state index in [9.17, 15) is 0 Å². The van der Waals surface area contributed by atoms with Gasteiger partial charge in [-0.2, -0.15) is 0 Å². The van der Waals surface area contributed by atoms with Gasteiger partial charge in [0.15, 0.2) is 17.3 Å². The molecular formula is C32H42N4O2. The second-order valence-electron chi connectivity index (χ2n) is 9.86. The number of fused-ring (bicyclic) bond motifs is 2. The van der Waals surface area contributed by atoms with E-state index in [0.29, 0.717) is 17.3 Å². The fourth-order valence-corrected chi connectivity index (χ4v) is 4.81. The number of nitrogens with zero attached hydrogens (tertiary/aromatic N) is 3. The second-order valence-corrected chi connectivity index (χ2v) is 9.86. The molecule has 0 saturated carbocycles. The normalized spacial score (nSPS) is 11.4. The third-order valence-electron chi connectivity index (χ3n) is 7.06. The summed E-state index contributed by atoms with van der Waals surface area (Å²) in [7, 11) is 3.31. The van der Waals surface area contributed by atoms with Gasteiger partial charge < -0.3 is 19.7 Å². The molecule has 0 atom stereocenters. The minimum Gasteiger partial charge on any atom is -0.493 e. The van der Waals surface area contributed by atoms with Crippen LogP contribution in [0.4, 0.5) is 5.82 Å². The summed E-state index contributed by atoms with van der Waals surface area (Å²) in [5.41, 5.74) is 1.82. The van der Waals surface area contributed by atoms with Crippen LogP contribution in [-0.4, -0.2) is 55.3 Å². The van der Waals surface area contributed by atoms with Crippen molar-refractivity contribution < 1.29 is 9.47 Å². The molecule has 0 spiro atoms. The van der Waals surface area contributed by atoms with Crippen LogP contribution in [0.3, 0.4) is 0 Å². The highest BCUT2D eigenvalue weighted by atomic mass is 16.5. The molecule has 6 nitrogen and oxygen atoms in total. The van der Waals surface area contributed by atoms with E-state index in [-0.39, 0.29) is 0 Å². The molecule has 0 amide bonds. The monoisotopic (exact) mass is 514 g/mol. The van der Waals surface area contributed by atoms with Crippen LogP contribution in [0, 0.1) is 0 Å². The van der Waals surface area contributed by atoms with Crippen LogP contribution in [0.25, 0.3) is 33.1 Å². The summed E-state index contributed by atoms with van der Waals surface area (Å²) in [5, 5.41) is 6.92. The maximum atomic E-state index is 5.58. The molecule has 4 aromatic rings. The number of methoxy groups -OCH3 is 2. The van der Waals surface area contributed by atoms with Crippen molar-refractivity contribution in [2.75, 3.05) is 45.7 Å². The molecule has 0 radical (unpaired) electrons. The Balaban J connectivity index is 1.56. The van der Waals surface area contributed by atoms with Gasteiger partial charge in [-0.15, -0.1) is 0 Å². The Morgan fingerprint density at radius 2 is 1.42 bits per heavy atom. The lowest BCUT2D eigenvalue weighted by Gasteiger charge is -2.22. The lowest BCUT2D eigenvalue weighted by atomic mass is 10.1. The first-order valence-corrected chi connectivity index (χ1v) is 14.1. The van der Waals surface area contributed by atoms with Crippen LogP contribution in [0.1, 0.15) is 52.4 Å². The quantitative estimate of drug-likeness (QED) is 0.165. The van der Waals surface area contributed by atoms with E-state index in [2.05, 4.69) is 66.5 Å². The highest BCUT2D eigenvalue weighted by Crippen LogP contribution is 2.35. The van der Waals surface area contributed by atoms with Crippen molar-refractivity contribution in [3.05, 3.63) is 54.6 Å². The Morgan fingerprint density at radius 3 is 2.13 bits per heavy atom. The van der Waals surface area contributed by atoms with Gasteiger partial charge in [-0.05, 0) is 68.2 Å². The number of nitrogens with one attached hydrogen (secondary N) is 1. The topological polar surface area (TPSA) is 59.5 Å². The van der Waals surface area contributed by atoms with E-state index in [1.807, 2.05) is 12.1 Å². The van der Waals surface area contributed by atoms with Crippen LogP contribution in [-0.2, 0) is 0 Å². The molecule has 1 aromatic heterocycles. The van der Waals surface area contributed by atoms with Crippen molar-refractivity contribution in [3.8, 4) is 22.9 Å². The van der Waals surface area contributed by atoms with E-state index < -0.39 is 0 Å². The number of rotatable bonds is 15. The molecule has 0 fully saturated rings. The minimum atomic E-state index is 0.661. The average molecular weight is 515 g/mol. The smallest absolute Gasteiger partial charge is 0.162 e. The molecule has 0 aliphatic heterocycles. The Bertz CT molecular complexity index is 1320. The van der Waals surface area contributed by atoms with Gasteiger partial charge in [-0.1, -0.05) is 63.1 Å². The first-order chi connectivity index (χ1) is 18.7. The molecule has 1 N–H and O–H groups in total. The second kappa shape index (κ2) is 14.0. The maximum Gasteiger partial charge on any atom is 0.162 e. The number of hydrogen-bond donors (Lipinski definition) is 1. The van der Waals surface area contributed by atoms with Crippen LogP contribution < -0.4 is 14.8 Å². The zero-order valence-corrected chi connectivity index (χ0v) is 23.4. The largest absolute Gasteiger partial charge is 0.493 e. The number of unbranched alkanes of at least 4 members (excludes halogenated alkanes) is 3. The van der Waals surface area contributed by atoms with Gasteiger partial charge in [-0.3, -0.25) is 0 Å². The van der Waals surface area contributed by atoms with Crippen molar-refractivity contribution in [1.82, 2.24) is 14.9 Å². The van der Waals surface area contributed by atoms with Gasteiger partial charge in [0.05, 0.1) is 19.7 Å². The third kappa shape index (κ3) is 6.93. The summed E-state index contributed by atoms with van der Waals surface area (Å²) in [6.45, 7) is 8.95. The predicted molar refractivity (Wildman–Crippen MR) is 160 cm³/mol. The predicted octanol–water partition coefficient (Wildman–Crippen LogP) is 7.56. The summed E-state index contributed by atoms with van der Waals surface area (Å²) in [6, 6.07) is 18.6. The molecule has 6 heteroatoms. The summed E-state index contributed by atoms with van der Waals surface area (Å²) in [6.07, 6.45) is 7.30. The summed E-state index contributed by atoms with van der Waals surface area (Å²) >= 11 is 0. The van der Waals surface area contributed by atoms with Crippen molar-refractivity contribution in [2.24, 2.45) is 0 Å². The van der Waals surface area contributed by atoms with Crippen LogP contribution in [0.15, 0.2) is 54.6 Å². The first kappa shape index (κ1) is 27.6. The average Bonchev–Trinajstić information content (AvgIpc) is 2.96. The van der Waals surface area contributed by atoms with E-state index in [1.165, 1.54) is 49.5 Å². The standard InChI is InChI=1S/C32H42N4O2/c1-5-7-18-36(19-8-6-2)20-12-11-17-33-32-27-22-29(37-3)30(38-4)23-28(27)34-31(35-32)26-16-15-24-13-9-10-14-25(24)21-26/h9-10,13-16,21-23H,5-8,11-12,17-20H2,1-4H3,(H,33,34,35). The summed E-state index contributed by atoms with van der Waals surface area (Å²) in [4.78, 5) is 12.5. The Labute approximate surface area is 227 Å². The van der Waals surface area contributed by atoms with Crippen LogP contribution >= 0.6 is 0 Å². The van der Waals surface area contributed by atoms with E-state index in [1.54, 1.807) is 14.2 Å². The highest BCUT2D eigenvalue weighted by molar-refractivity contribution is 5.94. The molecule has 1 heterocycles. The van der Waals surface area contributed by atoms with E-state index >= 15 is 0 Å². The Hall–Kier alpha value is -3.38. The van der Waals surface area contributed by atoms with Gasteiger partial charge in [0.25, 0.3) is 0 Å². The number of anilines is 1. The van der Waals surface area contributed by atoms with E-state index in [4.69, 9.17) is 19.4 Å². The van der Waals surface area contributed by atoms with Gasteiger partial charge in [0.1, 0.15) is 5.82 Å². The molecule has 0 aliphatic rings. The third-order valence-corrected chi connectivity index (χ3v) is 7.06. The molecule has 38 heavy (non-hydrogen) atoms. The first-order valence-electron chi connectivity index (χ1n) is 14.1. The molecule has 0 aliphatic carbocycles. The highest BCUT2D eigenvalue weighted by Gasteiger charge is 2.15. The van der Waals surface area contributed by atoms with Crippen molar-refractivity contribution in [3.63, 3.8) is 0 Å². The molecule has 0 unspecified atom stereocenters. The van der Waals surface area contributed by atoms with Crippen molar-refractivity contribution in [1.29, 1.82) is 0 Å². The number of hydrogen-bond acceptors (Lipinski definition) is 6. The van der Waals surface area contributed by atoms with Crippen molar-refractivity contribution in [2.45, 2.75) is 52.4 Å². The zero-order valence-electron chi connectivity index (χ0n) is 23.4. The lowest BCUT2D eigenvalue weighted by Crippen LogP contribution is -2.27. The van der Waals surface area contributed by atoms with Gasteiger partial charge in [0.2, 0.25) is 0 Å². The lowest BCUT2D eigenvalue weighted by molar-refractivity contribution is 0.261. The van der Waals surface area contributed by atoms with Gasteiger partial charge in [0, 0.05) is 23.6 Å². The number of aromatic nitrogens is 2. The fourth-order valence-electron chi connectivity index (χ4n) is 4.81. The number of benzene rings is 3. The summed E-state index contributed by atoms with van der Waals surface area (Å²) < 4.78 is 11.2. The molecule has 3 aromatic carbocycles. The maximum absolute atomic E-state index is 5.58. The minimum absolute atomic E-state index is 0.661. The van der Waals surface area contributed by atoms with E-state index in [0.717, 1.165) is 48.2 Å². The molecule has 0 saturated heterocycles. The fraction of sp³-hybridized carbons (Fsp3) is 0.438. The zero-order chi connectivity index (χ0) is 26.7. The summed E-state index contributed by atoms with van der Waals surface area (Å²) in [5.74, 6) is 2.86. The molecular weight excluding hydrogens is 472 g/mol. The van der Waals surface area contributed by atoms with Gasteiger partial charge >= 0.3 is 0 Å². The van der Waals surface area contributed by atoms with Crippen molar-refractivity contribution >= 4 is 27.5 Å². The molecule has 4 rings (SSSR count). The molecule has 202 valence electrons. The SMILES string of the molecule is CCCCN(CCCC)CCCCNc1nc(-c2ccc3ccccc3c2)nc2cc(OC)c(OC)cc12. The van der Waals surface area contributed by atoms with Crippen LogP contribution in [0.2, 0.25) is 0 Å². The Kier molecular flexibility index (Phi) is 10.2. The Morgan fingerprint density at radius 1 is 0.737 bits per heavy atom. The van der Waals surface area contributed by atoms with Gasteiger partial charge in [-0.25, -0.2) is 9.97 Å². The van der Waals surface area contributed by atoms with Crippen LogP contribution in [0.5, 0.6) is 11.5 Å².